The highest BCUT2D eigenvalue weighted by molar-refractivity contribution is 6.29. The predicted molar refractivity (Wildman–Crippen MR) is 125 cm³/mol. The van der Waals surface area contributed by atoms with Crippen LogP contribution in [-0.4, -0.2) is 15.8 Å². The highest BCUT2D eigenvalue weighted by atomic mass is 35.5. The van der Waals surface area contributed by atoms with Gasteiger partial charge in [0.05, 0.1) is 5.52 Å². The van der Waals surface area contributed by atoms with Crippen LogP contribution in [0.15, 0.2) is 48.8 Å². The fourth-order valence-corrected chi connectivity index (χ4v) is 6.22. The van der Waals surface area contributed by atoms with E-state index in [2.05, 4.69) is 29.9 Å². The van der Waals surface area contributed by atoms with Crippen LogP contribution in [0.2, 0.25) is 5.15 Å². The minimum absolute atomic E-state index is 0.207. The van der Waals surface area contributed by atoms with E-state index < -0.39 is 0 Å². The minimum Gasteiger partial charge on any atom is -0.299 e. The van der Waals surface area contributed by atoms with Crippen LogP contribution in [-0.2, 0) is 11.2 Å². The van der Waals surface area contributed by atoms with Crippen molar-refractivity contribution < 1.29 is 9.18 Å². The van der Waals surface area contributed by atoms with Gasteiger partial charge in [-0.1, -0.05) is 31.5 Å². The van der Waals surface area contributed by atoms with Crippen LogP contribution in [0.4, 0.5) is 4.39 Å². The van der Waals surface area contributed by atoms with Gasteiger partial charge in [-0.05, 0) is 90.8 Å². The van der Waals surface area contributed by atoms with Crippen LogP contribution in [0.5, 0.6) is 0 Å². The highest BCUT2D eigenvalue weighted by Crippen LogP contribution is 2.56. The van der Waals surface area contributed by atoms with Crippen molar-refractivity contribution in [2.45, 2.75) is 51.9 Å². The molecule has 2 aliphatic rings. The third-order valence-corrected chi connectivity index (χ3v) is 8.31. The molecular weight excluding hydrogens is 423 g/mol. The molecule has 2 heterocycles. The molecule has 0 aliphatic heterocycles. The number of pyridine rings is 2. The molecule has 5 rings (SSSR count). The second-order valence-electron chi connectivity index (χ2n) is 10.2. The van der Waals surface area contributed by atoms with Gasteiger partial charge in [0.25, 0.3) is 0 Å². The number of carbonyl (C=O) groups is 1. The molecule has 1 aromatic carbocycles. The molecule has 0 amide bonds. The molecule has 0 N–H and O–H groups in total. The topological polar surface area (TPSA) is 42.9 Å². The first-order chi connectivity index (χ1) is 15.3. The molecule has 166 valence electrons. The molecule has 5 heteroatoms. The molecule has 0 spiro atoms. The fraction of sp³-hybridized carbons (Fsp3) is 0.444. The lowest BCUT2D eigenvalue weighted by atomic mass is 9.71. The monoisotopic (exact) mass is 450 g/mol. The summed E-state index contributed by atoms with van der Waals surface area (Å²) in [6.07, 6.45) is 8.36. The van der Waals surface area contributed by atoms with Crippen LogP contribution in [0.25, 0.3) is 10.9 Å². The predicted octanol–water partition coefficient (Wildman–Crippen LogP) is 6.78. The summed E-state index contributed by atoms with van der Waals surface area (Å²) in [5.74, 6) is 2.17. The van der Waals surface area contributed by atoms with Gasteiger partial charge in [-0.3, -0.25) is 9.78 Å². The lowest BCUT2D eigenvalue weighted by Crippen LogP contribution is -2.33. The number of rotatable bonds is 5. The van der Waals surface area contributed by atoms with Crippen molar-refractivity contribution in [3.05, 3.63) is 70.9 Å². The van der Waals surface area contributed by atoms with Gasteiger partial charge in [-0.15, -0.1) is 0 Å². The lowest BCUT2D eigenvalue weighted by Gasteiger charge is -2.31. The molecule has 0 bridgehead atoms. The first-order valence-corrected chi connectivity index (χ1v) is 11.9. The Hall–Kier alpha value is -2.33. The van der Waals surface area contributed by atoms with Crippen molar-refractivity contribution >= 4 is 28.3 Å². The zero-order valence-corrected chi connectivity index (χ0v) is 19.3. The van der Waals surface area contributed by atoms with Crippen LogP contribution < -0.4 is 0 Å². The van der Waals surface area contributed by atoms with Gasteiger partial charge >= 0.3 is 0 Å². The van der Waals surface area contributed by atoms with Crippen LogP contribution in [0.3, 0.4) is 0 Å². The van der Waals surface area contributed by atoms with E-state index in [9.17, 15) is 9.18 Å². The van der Waals surface area contributed by atoms with E-state index in [0.717, 1.165) is 42.1 Å². The van der Waals surface area contributed by atoms with E-state index >= 15 is 0 Å². The third kappa shape index (κ3) is 3.94. The number of hydrogen-bond donors (Lipinski definition) is 0. The van der Waals surface area contributed by atoms with E-state index in [1.807, 2.05) is 12.3 Å². The fourth-order valence-electron chi connectivity index (χ4n) is 6.11. The van der Waals surface area contributed by atoms with Gasteiger partial charge in [-0.2, -0.15) is 0 Å². The number of fused-ring (bicyclic) bond motifs is 2. The second kappa shape index (κ2) is 8.22. The first-order valence-electron chi connectivity index (χ1n) is 11.5. The molecule has 2 fully saturated rings. The molecule has 2 unspecified atom stereocenters. The Morgan fingerprint density at radius 3 is 2.50 bits per heavy atom. The second-order valence-corrected chi connectivity index (χ2v) is 10.6. The maximum absolute atomic E-state index is 13.9. The summed E-state index contributed by atoms with van der Waals surface area (Å²) < 4.78 is 13.9. The molecule has 2 saturated carbocycles. The summed E-state index contributed by atoms with van der Waals surface area (Å²) in [5, 5.41) is 1.39. The largest absolute Gasteiger partial charge is 0.299 e. The Morgan fingerprint density at radius 2 is 1.81 bits per heavy atom. The van der Waals surface area contributed by atoms with E-state index in [-0.39, 0.29) is 17.0 Å². The number of carbonyl (C=O) groups excluding carboxylic acids is 1. The number of aromatic nitrogens is 2. The van der Waals surface area contributed by atoms with Crippen molar-refractivity contribution in [1.29, 1.82) is 0 Å². The molecule has 3 nitrogen and oxygen atoms in total. The van der Waals surface area contributed by atoms with Crippen molar-refractivity contribution in [1.82, 2.24) is 9.97 Å². The average Bonchev–Trinajstić information content (AvgIpc) is 3.34. The molecule has 32 heavy (non-hydrogen) atoms. The summed E-state index contributed by atoms with van der Waals surface area (Å²) in [5.41, 5.74) is 2.65. The van der Waals surface area contributed by atoms with Gasteiger partial charge in [-0.25, -0.2) is 9.37 Å². The molecule has 4 atom stereocenters. The quantitative estimate of drug-likeness (QED) is 0.402. The van der Waals surface area contributed by atoms with E-state index in [1.165, 1.54) is 11.6 Å². The van der Waals surface area contributed by atoms with Gasteiger partial charge in [0.2, 0.25) is 0 Å². The maximum atomic E-state index is 13.9. The minimum atomic E-state index is -0.355. The number of hydrogen-bond acceptors (Lipinski definition) is 3. The summed E-state index contributed by atoms with van der Waals surface area (Å²) in [4.78, 5) is 21.7. The number of Topliss-reactive ketones (excluding diaryl/α,β-unsaturated/α-hetero) is 1. The van der Waals surface area contributed by atoms with Gasteiger partial charge in [0.15, 0.2) is 0 Å². The maximum Gasteiger partial charge on any atom is 0.143 e. The molecule has 0 saturated heterocycles. The Bertz CT molecular complexity index is 1150. The smallest absolute Gasteiger partial charge is 0.143 e. The number of halogens is 2. The van der Waals surface area contributed by atoms with Crippen LogP contribution in [0, 0.1) is 29.0 Å². The third-order valence-electron chi connectivity index (χ3n) is 8.09. The summed E-state index contributed by atoms with van der Waals surface area (Å²) in [6, 6.07) is 10.6. The number of benzene rings is 1. The van der Waals surface area contributed by atoms with E-state index in [0.29, 0.717) is 35.2 Å². The molecule has 2 aromatic heterocycles. The van der Waals surface area contributed by atoms with Crippen molar-refractivity contribution in [3.63, 3.8) is 0 Å². The number of nitrogens with zero attached hydrogens (tertiary/aromatic N) is 2. The Labute approximate surface area is 193 Å². The van der Waals surface area contributed by atoms with Crippen molar-refractivity contribution in [2.24, 2.45) is 23.2 Å². The van der Waals surface area contributed by atoms with Crippen LogP contribution >= 0.6 is 11.6 Å². The van der Waals surface area contributed by atoms with Crippen LogP contribution in [0.1, 0.15) is 56.6 Å². The number of ketones is 1. The van der Waals surface area contributed by atoms with E-state index in [4.69, 9.17) is 11.6 Å². The van der Waals surface area contributed by atoms with E-state index in [1.54, 1.807) is 24.4 Å². The zero-order valence-electron chi connectivity index (χ0n) is 18.5. The summed E-state index contributed by atoms with van der Waals surface area (Å²) in [6.45, 7) is 4.22. The van der Waals surface area contributed by atoms with Gasteiger partial charge in [0, 0.05) is 29.6 Å². The van der Waals surface area contributed by atoms with Crippen molar-refractivity contribution in [3.8, 4) is 0 Å². The first kappa shape index (κ1) is 21.5. The Kier molecular flexibility index (Phi) is 5.53. The average molecular weight is 451 g/mol. The summed E-state index contributed by atoms with van der Waals surface area (Å²) >= 11 is 5.87. The lowest BCUT2D eigenvalue weighted by molar-refractivity contribution is -0.129. The molecule has 2 aliphatic carbocycles. The molecule has 0 radical (unpaired) electrons. The van der Waals surface area contributed by atoms with Gasteiger partial charge < -0.3 is 0 Å². The Morgan fingerprint density at radius 1 is 1.06 bits per heavy atom. The molecule has 3 aromatic rings. The van der Waals surface area contributed by atoms with Gasteiger partial charge in [0.1, 0.15) is 16.8 Å². The summed E-state index contributed by atoms with van der Waals surface area (Å²) in [7, 11) is 0. The zero-order chi connectivity index (χ0) is 22.5. The highest BCUT2D eigenvalue weighted by Gasteiger charge is 2.48. The SMILES string of the molecule is CC(C)(C(=O)Cc1ccc(Cl)nc1)C1C[C@H]2CC(c3ccnc4ccc(F)cc34)C[C@H]2C1. The Balaban J connectivity index is 1.28. The molecular formula is C27H28ClFN2O. The van der Waals surface area contributed by atoms with Crippen molar-refractivity contribution in [2.75, 3.05) is 0 Å². The normalized spacial score (nSPS) is 25.2. The standard InChI is InChI=1S/C27H28ClFN2O/c1-27(2,25(32)9-16-3-6-26(28)31-15-16)20-12-17-10-19(11-18(17)13-20)22-7-8-30-24-5-4-21(29)14-23(22)24/h3-8,14-15,17-20H,9-13H2,1-2H3/t17-,18+,19?,20?.